The Labute approximate surface area is 130 Å². The van der Waals surface area contributed by atoms with Gasteiger partial charge in [0.25, 0.3) is 0 Å². The second kappa shape index (κ2) is 5.43. The van der Waals surface area contributed by atoms with E-state index < -0.39 is 5.60 Å². The minimum Gasteiger partial charge on any atom is -0.386 e. The van der Waals surface area contributed by atoms with Gasteiger partial charge < -0.3 is 5.11 Å². The second-order valence-electron chi connectivity index (χ2n) is 8.32. The number of aliphatic hydroxyl groups is 1. The Kier molecular flexibility index (Phi) is 4.28. The summed E-state index contributed by atoms with van der Waals surface area (Å²) >= 11 is 0. The van der Waals surface area contributed by atoms with Crippen LogP contribution < -0.4 is 0 Å². The summed E-state index contributed by atoms with van der Waals surface area (Å²) in [6.07, 6.45) is 12.1. The van der Waals surface area contributed by atoms with Gasteiger partial charge >= 0.3 is 0 Å². The first-order valence-electron chi connectivity index (χ1n) is 8.37. The summed E-state index contributed by atoms with van der Waals surface area (Å²) in [7, 11) is 0. The van der Waals surface area contributed by atoms with Crippen molar-refractivity contribution in [1.82, 2.24) is 0 Å². The van der Waals surface area contributed by atoms with E-state index in [4.69, 9.17) is 0 Å². The van der Waals surface area contributed by atoms with Gasteiger partial charge in [-0.2, -0.15) is 0 Å². The molecule has 0 radical (unpaired) electrons. The van der Waals surface area contributed by atoms with Crippen molar-refractivity contribution in [3.63, 3.8) is 0 Å². The monoisotopic (exact) mass is 288 g/mol. The lowest BCUT2D eigenvalue weighted by molar-refractivity contribution is 0.0518. The van der Waals surface area contributed by atoms with Crippen LogP contribution in [-0.2, 0) is 0 Å². The Morgan fingerprint density at radius 3 is 2.67 bits per heavy atom. The highest BCUT2D eigenvalue weighted by atomic mass is 16.3. The van der Waals surface area contributed by atoms with E-state index in [-0.39, 0.29) is 5.41 Å². The zero-order chi connectivity index (χ0) is 15.9. The quantitative estimate of drug-likeness (QED) is 0.685. The van der Waals surface area contributed by atoms with E-state index in [2.05, 4.69) is 46.4 Å². The molecule has 2 aliphatic rings. The Bertz CT molecular complexity index is 478. The highest BCUT2D eigenvalue weighted by Crippen LogP contribution is 2.58. The number of hydrogen-bond acceptors (Lipinski definition) is 1. The lowest BCUT2D eigenvalue weighted by atomic mass is 9.51. The summed E-state index contributed by atoms with van der Waals surface area (Å²) in [5.74, 6) is 0.617. The first-order chi connectivity index (χ1) is 9.62. The van der Waals surface area contributed by atoms with Crippen molar-refractivity contribution in [2.75, 3.05) is 0 Å². The van der Waals surface area contributed by atoms with E-state index in [1.807, 2.05) is 6.92 Å². The number of allylic oxidation sites excluding steroid dienone is 4. The molecule has 118 valence electrons. The molecule has 0 spiro atoms. The van der Waals surface area contributed by atoms with Crippen LogP contribution in [0.3, 0.4) is 0 Å². The van der Waals surface area contributed by atoms with Crippen LogP contribution in [0.25, 0.3) is 0 Å². The maximum atomic E-state index is 10.3. The number of hydrogen-bond donors (Lipinski definition) is 1. The summed E-state index contributed by atoms with van der Waals surface area (Å²) in [5.41, 5.74) is 2.84. The normalized spacial score (nSPS) is 34.3. The molecular weight excluding hydrogens is 256 g/mol. The van der Waals surface area contributed by atoms with Crippen LogP contribution in [0.1, 0.15) is 66.7 Å². The maximum Gasteiger partial charge on any atom is 0.0800 e. The van der Waals surface area contributed by atoms with Gasteiger partial charge in [0.2, 0.25) is 0 Å². The minimum absolute atomic E-state index is 0.262. The first-order valence-corrected chi connectivity index (χ1v) is 8.37. The van der Waals surface area contributed by atoms with E-state index in [1.165, 1.54) is 24.8 Å². The molecule has 2 rings (SSSR count). The molecule has 0 heterocycles. The fourth-order valence-electron chi connectivity index (χ4n) is 4.65. The van der Waals surface area contributed by atoms with E-state index >= 15 is 0 Å². The van der Waals surface area contributed by atoms with Crippen molar-refractivity contribution in [3.05, 3.63) is 36.0 Å². The molecule has 0 aromatic heterocycles. The summed E-state index contributed by atoms with van der Waals surface area (Å²) < 4.78 is 0. The highest BCUT2D eigenvalue weighted by Gasteiger charge is 2.48. The molecule has 0 aliphatic heterocycles. The van der Waals surface area contributed by atoms with Crippen molar-refractivity contribution >= 4 is 0 Å². The maximum absolute atomic E-state index is 10.3. The van der Waals surface area contributed by atoms with Crippen LogP contribution in [0.2, 0.25) is 0 Å². The summed E-state index contributed by atoms with van der Waals surface area (Å²) in [6, 6.07) is 0. The zero-order valence-electron chi connectivity index (χ0n) is 14.5. The molecule has 1 nitrogen and oxygen atoms in total. The summed E-state index contributed by atoms with van der Waals surface area (Å²) in [5, 5.41) is 10.3. The van der Waals surface area contributed by atoms with Gasteiger partial charge in [-0.3, -0.25) is 0 Å². The molecule has 1 saturated carbocycles. The van der Waals surface area contributed by atoms with Gasteiger partial charge in [-0.05, 0) is 56.3 Å². The van der Waals surface area contributed by atoms with Gasteiger partial charge in [-0.15, -0.1) is 6.58 Å². The number of rotatable bonds is 4. The van der Waals surface area contributed by atoms with Gasteiger partial charge in [0, 0.05) is 0 Å². The smallest absolute Gasteiger partial charge is 0.0800 e. The Balaban J connectivity index is 2.30. The predicted molar refractivity (Wildman–Crippen MR) is 91.1 cm³/mol. The Morgan fingerprint density at radius 2 is 2.05 bits per heavy atom. The topological polar surface area (TPSA) is 20.2 Å². The van der Waals surface area contributed by atoms with Gasteiger partial charge in [0.1, 0.15) is 0 Å². The molecule has 3 atom stereocenters. The Morgan fingerprint density at radius 1 is 1.38 bits per heavy atom. The first kappa shape index (κ1) is 16.5. The molecule has 0 bridgehead atoms. The van der Waals surface area contributed by atoms with E-state index in [1.54, 1.807) is 11.6 Å². The van der Waals surface area contributed by atoms with E-state index in [9.17, 15) is 5.11 Å². The van der Waals surface area contributed by atoms with Crippen LogP contribution >= 0.6 is 0 Å². The molecular formula is C20H32O. The van der Waals surface area contributed by atoms with Crippen molar-refractivity contribution in [2.45, 2.75) is 72.3 Å². The van der Waals surface area contributed by atoms with Crippen molar-refractivity contribution in [1.29, 1.82) is 0 Å². The molecule has 0 aromatic rings. The molecule has 2 aliphatic carbocycles. The van der Waals surface area contributed by atoms with Crippen LogP contribution in [0.15, 0.2) is 36.0 Å². The van der Waals surface area contributed by atoms with E-state index in [0.717, 1.165) is 12.8 Å². The van der Waals surface area contributed by atoms with Gasteiger partial charge in [-0.25, -0.2) is 0 Å². The van der Waals surface area contributed by atoms with Gasteiger partial charge in [0.05, 0.1) is 5.60 Å². The Hall–Kier alpha value is -0.820. The predicted octanol–water partition coefficient (Wildman–Crippen LogP) is 5.42. The molecule has 1 fully saturated rings. The lowest BCUT2D eigenvalue weighted by Gasteiger charge is -2.53. The average molecular weight is 288 g/mol. The third-order valence-electron chi connectivity index (χ3n) is 6.07. The molecule has 0 saturated heterocycles. The molecule has 1 N–H and O–H groups in total. The molecule has 0 aromatic carbocycles. The SMILES string of the molecule is C=CC(C)(O)CCC1=C(C)C=CC2C(C)(C)CCCC12C. The molecule has 3 unspecified atom stereocenters. The zero-order valence-corrected chi connectivity index (χ0v) is 14.5. The van der Waals surface area contributed by atoms with E-state index in [0.29, 0.717) is 11.3 Å². The fraction of sp³-hybridized carbons (Fsp3) is 0.700. The van der Waals surface area contributed by atoms with Gasteiger partial charge in [-0.1, -0.05) is 56.6 Å². The van der Waals surface area contributed by atoms with Crippen molar-refractivity contribution in [2.24, 2.45) is 16.7 Å². The lowest BCUT2D eigenvalue weighted by Crippen LogP contribution is -2.44. The van der Waals surface area contributed by atoms with Gasteiger partial charge in [0.15, 0.2) is 0 Å². The van der Waals surface area contributed by atoms with Crippen LogP contribution in [0, 0.1) is 16.7 Å². The average Bonchev–Trinajstić information content (AvgIpc) is 2.36. The summed E-state index contributed by atoms with van der Waals surface area (Å²) in [6.45, 7) is 15.1. The highest BCUT2D eigenvalue weighted by molar-refractivity contribution is 5.37. The molecule has 0 amide bonds. The summed E-state index contributed by atoms with van der Waals surface area (Å²) in [4.78, 5) is 0. The standard InChI is InChI=1S/C20H32O/c1-7-19(5,21)14-11-16-15(2)9-10-17-18(3,4)12-8-13-20(16,17)6/h7,9-10,17,21H,1,8,11-14H2,2-6H3. The van der Waals surface area contributed by atoms with Crippen LogP contribution in [0.4, 0.5) is 0 Å². The fourth-order valence-corrected chi connectivity index (χ4v) is 4.65. The molecule has 21 heavy (non-hydrogen) atoms. The van der Waals surface area contributed by atoms with Crippen molar-refractivity contribution in [3.8, 4) is 0 Å². The van der Waals surface area contributed by atoms with Crippen LogP contribution in [-0.4, -0.2) is 10.7 Å². The third-order valence-corrected chi connectivity index (χ3v) is 6.07. The largest absolute Gasteiger partial charge is 0.386 e. The van der Waals surface area contributed by atoms with Crippen LogP contribution in [0.5, 0.6) is 0 Å². The minimum atomic E-state index is -0.759. The molecule has 1 heteroatoms. The number of fused-ring (bicyclic) bond motifs is 1. The third kappa shape index (κ3) is 3.04. The van der Waals surface area contributed by atoms with Crippen molar-refractivity contribution < 1.29 is 5.11 Å². The second-order valence-corrected chi connectivity index (χ2v) is 8.32.